The van der Waals surface area contributed by atoms with E-state index in [0.717, 1.165) is 32.8 Å². The fourth-order valence-corrected chi connectivity index (χ4v) is 7.82. The summed E-state index contributed by atoms with van der Waals surface area (Å²) in [5, 5.41) is 47.0. The molecule has 0 bridgehead atoms. The van der Waals surface area contributed by atoms with Gasteiger partial charge in [0, 0.05) is 30.8 Å². The van der Waals surface area contributed by atoms with Crippen molar-refractivity contribution >= 4 is 81.4 Å². The summed E-state index contributed by atoms with van der Waals surface area (Å²) >= 11 is 14.6. The van der Waals surface area contributed by atoms with E-state index in [9.17, 15) is 39.6 Å². The van der Waals surface area contributed by atoms with Gasteiger partial charge in [-0.3, -0.25) is 14.5 Å². The number of nitrogens with one attached hydrogen (secondary N) is 1. The van der Waals surface area contributed by atoms with E-state index in [1.807, 2.05) is 36.4 Å². The van der Waals surface area contributed by atoms with E-state index < -0.39 is 67.9 Å². The summed E-state index contributed by atoms with van der Waals surface area (Å²) in [5.41, 5.74) is -2.09. The number of likely N-dealkylation sites (N-methyl/N-ethyl adjacent to an activating group) is 1. The zero-order valence-electron chi connectivity index (χ0n) is 25.5. The van der Waals surface area contributed by atoms with Gasteiger partial charge in [-0.1, -0.05) is 70.8 Å². The molecule has 1 aromatic heterocycles. The highest BCUT2D eigenvalue weighted by atomic mass is 35.5. The second-order valence-corrected chi connectivity index (χ2v) is 13.3. The van der Waals surface area contributed by atoms with Crippen LogP contribution in [0.5, 0.6) is 11.5 Å². The summed E-state index contributed by atoms with van der Waals surface area (Å²) in [6.45, 7) is 0. The molecule has 256 valence electrons. The second-order valence-electron chi connectivity index (χ2n) is 10.6. The van der Waals surface area contributed by atoms with Crippen LogP contribution in [0.25, 0.3) is 0 Å². The number of β-lactam (4-membered cyclic amide) rings is 1. The van der Waals surface area contributed by atoms with Gasteiger partial charge < -0.3 is 35.5 Å². The van der Waals surface area contributed by atoms with E-state index >= 15 is 0 Å². The van der Waals surface area contributed by atoms with Gasteiger partial charge in [0.1, 0.15) is 29.0 Å². The molecule has 5 rings (SSSR count). The second kappa shape index (κ2) is 14.4. The van der Waals surface area contributed by atoms with Gasteiger partial charge in [0.15, 0.2) is 16.6 Å². The maximum absolute atomic E-state index is 13.3. The minimum Gasteiger partial charge on any atom is -0.503 e. The number of nitrogens with zero attached hydrogens (tertiary/aromatic N) is 4. The van der Waals surface area contributed by atoms with Gasteiger partial charge in [-0.25, -0.2) is 14.6 Å². The normalized spacial score (nSPS) is 18.6. The zero-order valence-corrected chi connectivity index (χ0v) is 28.7. The van der Waals surface area contributed by atoms with E-state index in [-0.39, 0.29) is 22.3 Å². The van der Waals surface area contributed by atoms with E-state index in [4.69, 9.17) is 28.0 Å². The average Bonchev–Trinajstić information content (AvgIpc) is 3.57. The van der Waals surface area contributed by atoms with Gasteiger partial charge in [0.2, 0.25) is 0 Å². The number of thiazole rings is 1. The smallest absolute Gasteiger partial charge is 0.362 e. The molecule has 2 aromatic carbocycles. The third-order valence-electron chi connectivity index (χ3n) is 7.73. The molecule has 5 N–H and O–H groups in total. The Morgan fingerprint density at radius 3 is 2.55 bits per heavy atom. The number of carboxylic acids is 2. The highest BCUT2D eigenvalue weighted by molar-refractivity contribution is 8.00. The molecule has 3 heterocycles. The lowest BCUT2D eigenvalue weighted by atomic mass is 9.90. The van der Waals surface area contributed by atoms with Crippen LogP contribution in [0.1, 0.15) is 16.8 Å². The lowest BCUT2D eigenvalue weighted by Gasteiger charge is -2.51. The van der Waals surface area contributed by atoms with Crippen LogP contribution >= 0.6 is 46.3 Å². The first-order valence-corrected chi connectivity index (χ1v) is 16.9. The number of carbonyl (C=O) groups excluding carboxylic acids is 2. The number of aromatic hydroxyl groups is 2. The van der Waals surface area contributed by atoms with Gasteiger partial charge in [-0.2, -0.15) is 0 Å². The molecule has 1 fully saturated rings. The predicted molar refractivity (Wildman–Crippen MR) is 183 cm³/mol. The van der Waals surface area contributed by atoms with Gasteiger partial charge in [-0.05, 0) is 23.6 Å². The van der Waals surface area contributed by atoms with Crippen LogP contribution in [0, 0.1) is 0 Å². The highest BCUT2D eigenvalue weighted by Crippen LogP contribution is 2.48. The number of carboxylic acid groups (broad SMARTS) is 2. The lowest BCUT2D eigenvalue weighted by molar-refractivity contribution is -0.162. The standard InChI is InChI=1S/C31H27Cl2N5O9S2/c1-34-30-36-19(14-49-30)31(29(45)46,17-11-18(32)24(40)25(41)21(17)33)47-35-12-20(39)37(2)23-26(42)38-22(28(43)44)16(13-48-27(23)38)10-6-9-15-7-4-3-5-8-15/h3-8,10-12,14,23,27,40-41H,9,13H2,1-2H3,(H,34,36)(H,43,44)(H,45,46). The van der Waals surface area contributed by atoms with Crippen LogP contribution in [-0.2, 0) is 36.0 Å². The summed E-state index contributed by atoms with van der Waals surface area (Å²) in [5.74, 6) is -5.97. The van der Waals surface area contributed by atoms with Gasteiger partial charge >= 0.3 is 17.5 Å². The number of phenols is 2. The van der Waals surface area contributed by atoms with Crippen LogP contribution in [0.2, 0.25) is 10.0 Å². The van der Waals surface area contributed by atoms with E-state index in [2.05, 4.69) is 15.5 Å². The maximum atomic E-state index is 13.3. The van der Waals surface area contributed by atoms with Crippen molar-refractivity contribution in [2.45, 2.75) is 23.4 Å². The Hall–Kier alpha value is -4.77. The Balaban J connectivity index is 1.38. The molecule has 18 heteroatoms. The molecule has 2 amide bonds. The first-order chi connectivity index (χ1) is 23.3. The molecule has 14 nitrogen and oxygen atoms in total. The monoisotopic (exact) mass is 747 g/mol. The first-order valence-electron chi connectivity index (χ1n) is 14.2. The maximum Gasteiger partial charge on any atom is 0.362 e. The number of phenolic OH excluding ortho intramolecular Hbond substituents is 2. The predicted octanol–water partition coefficient (Wildman–Crippen LogP) is 4.11. The van der Waals surface area contributed by atoms with Crippen LogP contribution < -0.4 is 5.32 Å². The number of aliphatic carboxylic acids is 2. The van der Waals surface area contributed by atoms with Crippen LogP contribution in [-0.4, -0.2) is 96.4 Å². The molecule has 1 saturated heterocycles. The Kier molecular flexibility index (Phi) is 10.4. The Bertz CT molecular complexity index is 1920. The Labute approximate surface area is 296 Å². The largest absolute Gasteiger partial charge is 0.503 e. The summed E-state index contributed by atoms with van der Waals surface area (Å²) < 4.78 is 0. The molecule has 0 aliphatic carbocycles. The number of benzene rings is 2. The molecule has 0 saturated carbocycles. The van der Waals surface area contributed by atoms with Crippen molar-refractivity contribution in [3.63, 3.8) is 0 Å². The van der Waals surface area contributed by atoms with Crippen LogP contribution in [0.3, 0.4) is 0 Å². The summed E-state index contributed by atoms with van der Waals surface area (Å²) in [6, 6.07) is 9.47. The van der Waals surface area contributed by atoms with Crippen molar-refractivity contribution in [2.75, 3.05) is 25.2 Å². The number of allylic oxidation sites excluding steroid dienone is 2. The fraction of sp³-hybridized carbons (Fsp3) is 0.226. The number of anilines is 1. The van der Waals surface area contributed by atoms with Gasteiger partial charge in [0.25, 0.3) is 11.8 Å². The van der Waals surface area contributed by atoms with E-state index in [1.54, 1.807) is 13.1 Å². The average molecular weight is 749 g/mol. The number of rotatable bonds is 12. The minimum absolute atomic E-state index is 0.171. The third kappa shape index (κ3) is 6.51. The molecule has 3 aromatic rings. The number of halogens is 2. The highest BCUT2D eigenvalue weighted by Gasteiger charge is 2.56. The topological polar surface area (TPSA) is 202 Å². The number of amides is 2. The first kappa shape index (κ1) is 35.5. The molecular weight excluding hydrogens is 721 g/mol. The number of fused-ring (bicyclic) bond motifs is 1. The summed E-state index contributed by atoms with van der Waals surface area (Å²) in [6.07, 6.45) is 4.71. The molecule has 0 radical (unpaired) electrons. The van der Waals surface area contributed by atoms with Crippen molar-refractivity contribution < 1.29 is 44.4 Å². The van der Waals surface area contributed by atoms with Crippen molar-refractivity contribution in [1.82, 2.24) is 14.8 Å². The molecule has 2 aliphatic heterocycles. The molecule has 49 heavy (non-hydrogen) atoms. The molecular formula is C31H27Cl2N5O9S2. The van der Waals surface area contributed by atoms with E-state index in [0.29, 0.717) is 18.2 Å². The summed E-state index contributed by atoms with van der Waals surface area (Å²) in [7, 11) is 2.86. The van der Waals surface area contributed by atoms with E-state index in [1.165, 1.54) is 24.2 Å². The zero-order chi connectivity index (χ0) is 35.6. The number of oxime groups is 1. The lowest BCUT2D eigenvalue weighted by Crippen LogP contribution is -2.70. The summed E-state index contributed by atoms with van der Waals surface area (Å²) in [4.78, 5) is 63.6. The number of hydrogen-bond acceptors (Lipinski definition) is 12. The molecule has 0 spiro atoms. The number of hydrogen-bond donors (Lipinski definition) is 5. The van der Waals surface area contributed by atoms with Crippen LogP contribution in [0.4, 0.5) is 5.13 Å². The number of carbonyl (C=O) groups is 4. The molecule has 3 atom stereocenters. The van der Waals surface area contributed by atoms with Gasteiger partial charge in [0.05, 0.1) is 10.0 Å². The van der Waals surface area contributed by atoms with Crippen LogP contribution in [0.15, 0.2) is 70.4 Å². The quantitative estimate of drug-likeness (QED) is 0.0769. The molecule has 2 aliphatic rings. The van der Waals surface area contributed by atoms with Gasteiger partial charge in [-0.15, -0.1) is 23.1 Å². The minimum atomic E-state index is -2.68. The van der Waals surface area contributed by atoms with Crippen molar-refractivity contribution in [2.24, 2.45) is 5.16 Å². The SMILES string of the molecule is CNc1nc(C(ON=CC(=O)N(C)C2C(=O)N3C(C(=O)O)=C(C=CCc4ccccc4)CSC23)(C(=O)O)c2cc(Cl)c(O)c(O)c2Cl)cs1. The van der Waals surface area contributed by atoms with Crippen molar-refractivity contribution in [3.8, 4) is 11.5 Å². The number of aromatic nitrogens is 1. The Morgan fingerprint density at radius 2 is 1.92 bits per heavy atom. The van der Waals surface area contributed by atoms with Crippen molar-refractivity contribution in [3.05, 3.63) is 92.1 Å². The third-order valence-corrected chi connectivity index (χ3v) is 10.5. The Morgan fingerprint density at radius 1 is 1.20 bits per heavy atom. The van der Waals surface area contributed by atoms with Crippen molar-refractivity contribution in [1.29, 1.82) is 0 Å². The number of thioether (sulfide) groups is 1. The fourth-order valence-electron chi connectivity index (χ4n) is 5.21. The molecule has 3 unspecified atom stereocenters.